The zero-order chi connectivity index (χ0) is 19.1. The van der Waals surface area contributed by atoms with Crippen molar-refractivity contribution in [2.24, 2.45) is 0 Å². The van der Waals surface area contributed by atoms with E-state index in [1.165, 1.54) is 6.08 Å². The Kier molecular flexibility index (Phi) is 5.82. The number of carbonyl (C=O) groups is 2. The van der Waals surface area contributed by atoms with Gasteiger partial charge in [-0.3, -0.25) is 9.78 Å². The molecule has 6 nitrogen and oxygen atoms in total. The molecule has 3 rings (SSSR count). The van der Waals surface area contributed by atoms with Crippen molar-refractivity contribution in [3.63, 3.8) is 0 Å². The van der Waals surface area contributed by atoms with Gasteiger partial charge in [0, 0.05) is 23.2 Å². The van der Waals surface area contributed by atoms with Crippen molar-refractivity contribution in [3.8, 4) is 6.07 Å². The predicted molar refractivity (Wildman–Crippen MR) is 101 cm³/mol. The monoisotopic (exact) mass is 363 g/mol. The number of rotatable bonds is 5. The van der Waals surface area contributed by atoms with Crippen LogP contribution in [-0.4, -0.2) is 29.0 Å². The van der Waals surface area contributed by atoms with Gasteiger partial charge in [-0.05, 0) is 25.0 Å². The quantitative estimate of drug-likeness (QED) is 0.651. The van der Waals surface area contributed by atoms with Crippen LogP contribution in [0.2, 0.25) is 0 Å². The fourth-order valence-electron chi connectivity index (χ4n) is 3.33. The van der Waals surface area contributed by atoms with Crippen molar-refractivity contribution in [2.45, 2.75) is 37.6 Å². The molecule has 0 bridgehead atoms. The highest BCUT2D eigenvalue weighted by Gasteiger charge is 2.33. The van der Waals surface area contributed by atoms with Crippen LogP contribution in [0.4, 0.5) is 0 Å². The number of hydrogen-bond donors (Lipinski definition) is 1. The normalized spacial score (nSPS) is 16.0. The van der Waals surface area contributed by atoms with E-state index in [-0.39, 0.29) is 0 Å². The molecule has 1 aromatic heterocycles. The summed E-state index contributed by atoms with van der Waals surface area (Å²) < 4.78 is 5.00. The van der Waals surface area contributed by atoms with Gasteiger partial charge in [-0.15, -0.1) is 0 Å². The van der Waals surface area contributed by atoms with Crippen LogP contribution in [0.3, 0.4) is 0 Å². The van der Waals surface area contributed by atoms with E-state index >= 15 is 0 Å². The van der Waals surface area contributed by atoms with Crippen molar-refractivity contribution < 1.29 is 14.3 Å². The third-order valence-corrected chi connectivity index (χ3v) is 4.71. The summed E-state index contributed by atoms with van der Waals surface area (Å²) in [4.78, 5) is 28.3. The summed E-state index contributed by atoms with van der Waals surface area (Å²) in [5.74, 6) is -1.07. The van der Waals surface area contributed by atoms with E-state index in [0.29, 0.717) is 12.8 Å². The van der Waals surface area contributed by atoms with Crippen molar-refractivity contribution in [1.29, 1.82) is 5.26 Å². The van der Waals surface area contributed by atoms with Crippen LogP contribution in [0.15, 0.2) is 42.6 Å². The minimum Gasteiger partial charge on any atom is -0.452 e. The fourth-order valence-corrected chi connectivity index (χ4v) is 3.33. The molecule has 1 aliphatic rings. The van der Waals surface area contributed by atoms with E-state index in [4.69, 9.17) is 4.74 Å². The van der Waals surface area contributed by atoms with Gasteiger partial charge in [0.1, 0.15) is 5.54 Å². The molecule has 0 spiro atoms. The van der Waals surface area contributed by atoms with Gasteiger partial charge in [0.2, 0.25) is 0 Å². The number of nitriles is 1. The molecule has 0 atom stereocenters. The highest BCUT2D eigenvalue weighted by atomic mass is 16.5. The fraction of sp³-hybridized carbons (Fsp3) is 0.333. The molecule has 0 radical (unpaired) electrons. The summed E-state index contributed by atoms with van der Waals surface area (Å²) >= 11 is 0. The molecular formula is C21H21N3O3. The lowest BCUT2D eigenvalue weighted by atomic mass is 9.83. The Morgan fingerprint density at radius 1 is 1.22 bits per heavy atom. The van der Waals surface area contributed by atoms with Gasteiger partial charge in [-0.2, -0.15) is 5.26 Å². The van der Waals surface area contributed by atoms with E-state index in [9.17, 15) is 14.9 Å². The number of nitrogens with one attached hydrogen (secondary N) is 1. The number of esters is 1. The van der Waals surface area contributed by atoms with E-state index in [1.807, 2.05) is 30.3 Å². The van der Waals surface area contributed by atoms with Gasteiger partial charge >= 0.3 is 5.97 Å². The first-order chi connectivity index (χ1) is 13.1. The lowest BCUT2D eigenvalue weighted by molar-refractivity contribution is -0.144. The highest BCUT2D eigenvalue weighted by Crippen LogP contribution is 2.27. The van der Waals surface area contributed by atoms with Crippen molar-refractivity contribution in [3.05, 3.63) is 48.2 Å². The van der Waals surface area contributed by atoms with Crippen LogP contribution in [0.25, 0.3) is 17.0 Å². The molecule has 1 saturated carbocycles. The number of amides is 1. The van der Waals surface area contributed by atoms with Gasteiger partial charge in [-0.1, -0.05) is 43.5 Å². The number of nitrogens with zero attached hydrogens (tertiary/aromatic N) is 2. The first kappa shape index (κ1) is 18.6. The number of para-hydroxylation sites is 1. The van der Waals surface area contributed by atoms with Crippen LogP contribution in [0.5, 0.6) is 0 Å². The Balaban J connectivity index is 1.55. The molecule has 1 aliphatic carbocycles. The molecule has 1 N–H and O–H groups in total. The van der Waals surface area contributed by atoms with Crippen LogP contribution >= 0.6 is 0 Å². The smallest absolute Gasteiger partial charge is 0.331 e. The molecule has 1 fully saturated rings. The number of benzene rings is 1. The average molecular weight is 363 g/mol. The molecule has 1 heterocycles. The van der Waals surface area contributed by atoms with Gasteiger partial charge in [0.25, 0.3) is 5.91 Å². The number of aromatic nitrogens is 1. The number of carbonyl (C=O) groups excluding carboxylic acids is 2. The Hall–Kier alpha value is -3.20. The number of fused-ring (bicyclic) bond motifs is 1. The zero-order valence-corrected chi connectivity index (χ0v) is 15.0. The largest absolute Gasteiger partial charge is 0.452 e. The summed E-state index contributed by atoms with van der Waals surface area (Å²) in [7, 11) is 0. The maximum Gasteiger partial charge on any atom is 0.331 e. The van der Waals surface area contributed by atoms with Gasteiger partial charge in [0.15, 0.2) is 6.61 Å². The molecule has 1 amide bonds. The molecule has 2 aromatic rings. The third kappa shape index (κ3) is 4.70. The number of hydrogen-bond acceptors (Lipinski definition) is 5. The number of ether oxygens (including phenoxy) is 1. The summed E-state index contributed by atoms with van der Waals surface area (Å²) in [6.45, 7) is -0.402. The zero-order valence-electron chi connectivity index (χ0n) is 15.0. The standard InChI is InChI=1S/C21H21N3O3/c22-15-21(11-2-1-3-12-21)24-18(25)14-27-19(26)10-9-17-7-4-6-16-8-5-13-23-20(16)17/h4-10,13H,1-3,11-12,14H2,(H,24,25)/b10-9+. The minimum atomic E-state index is -0.827. The second-order valence-electron chi connectivity index (χ2n) is 6.67. The Morgan fingerprint density at radius 3 is 2.78 bits per heavy atom. The maximum absolute atomic E-state index is 12.1. The molecule has 138 valence electrons. The molecule has 1 aromatic carbocycles. The summed E-state index contributed by atoms with van der Waals surface area (Å²) in [6.07, 6.45) is 8.75. The molecular weight excluding hydrogens is 342 g/mol. The lowest BCUT2D eigenvalue weighted by Gasteiger charge is -2.31. The molecule has 6 heteroatoms. The lowest BCUT2D eigenvalue weighted by Crippen LogP contribution is -2.49. The third-order valence-electron chi connectivity index (χ3n) is 4.71. The van der Waals surface area contributed by atoms with Crippen molar-refractivity contribution in [1.82, 2.24) is 10.3 Å². The predicted octanol–water partition coefficient (Wildman–Crippen LogP) is 3.13. The van der Waals surface area contributed by atoms with Gasteiger partial charge in [0.05, 0.1) is 11.6 Å². The molecule has 0 aliphatic heterocycles. The van der Waals surface area contributed by atoms with Gasteiger partial charge in [-0.25, -0.2) is 4.79 Å². The number of pyridine rings is 1. The highest BCUT2D eigenvalue weighted by molar-refractivity contribution is 5.93. The van der Waals surface area contributed by atoms with Crippen LogP contribution in [-0.2, 0) is 14.3 Å². The average Bonchev–Trinajstić information content (AvgIpc) is 2.71. The summed E-state index contributed by atoms with van der Waals surface area (Å²) in [6, 6.07) is 11.7. The van der Waals surface area contributed by atoms with Crippen LogP contribution < -0.4 is 5.32 Å². The molecule has 0 unspecified atom stereocenters. The Morgan fingerprint density at radius 2 is 2.00 bits per heavy atom. The van der Waals surface area contributed by atoms with E-state index in [2.05, 4.69) is 16.4 Å². The first-order valence-corrected chi connectivity index (χ1v) is 9.03. The second-order valence-corrected chi connectivity index (χ2v) is 6.67. The molecule has 0 saturated heterocycles. The minimum absolute atomic E-state index is 0.402. The summed E-state index contributed by atoms with van der Waals surface area (Å²) in [5.41, 5.74) is 0.752. The topological polar surface area (TPSA) is 92.1 Å². The van der Waals surface area contributed by atoms with E-state index in [1.54, 1.807) is 12.3 Å². The van der Waals surface area contributed by atoms with E-state index in [0.717, 1.165) is 35.7 Å². The van der Waals surface area contributed by atoms with Crippen LogP contribution in [0, 0.1) is 11.3 Å². The first-order valence-electron chi connectivity index (χ1n) is 9.03. The SMILES string of the molecule is N#CC1(NC(=O)COC(=O)/C=C/c2cccc3cccnc23)CCCCC1. The second kappa shape index (κ2) is 8.45. The van der Waals surface area contributed by atoms with Gasteiger partial charge < -0.3 is 10.1 Å². The maximum atomic E-state index is 12.1. The Bertz CT molecular complexity index is 903. The summed E-state index contributed by atoms with van der Waals surface area (Å²) in [5, 5.41) is 13.1. The molecule has 27 heavy (non-hydrogen) atoms. The van der Waals surface area contributed by atoms with E-state index < -0.39 is 24.0 Å². The Labute approximate surface area is 157 Å². The van der Waals surface area contributed by atoms with Crippen LogP contribution in [0.1, 0.15) is 37.7 Å². The van der Waals surface area contributed by atoms with Crippen molar-refractivity contribution in [2.75, 3.05) is 6.61 Å². The van der Waals surface area contributed by atoms with Crippen molar-refractivity contribution >= 4 is 28.9 Å².